The van der Waals surface area contributed by atoms with E-state index in [9.17, 15) is 14.4 Å². The number of aldehydes is 1. The Bertz CT molecular complexity index is 995. The van der Waals surface area contributed by atoms with Crippen LogP contribution < -0.4 is 11.2 Å². The van der Waals surface area contributed by atoms with Crippen LogP contribution in [-0.4, -0.2) is 51.3 Å². The zero-order valence-corrected chi connectivity index (χ0v) is 23.0. The first-order valence-electron chi connectivity index (χ1n) is 10.9. The van der Waals surface area contributed by atoms with Crippen LogP contribution in [0.1, 0.15) is 52.0 Å². The first kappa shape index (κ1) is 26.5. The standard InChI is InChI=1S/C22H38N2O6Si2/c1-21(2,3)31(7,8)28-14-17-16(30-32(9,10)22(4,5)6)12-19(29-17)24-15(13-25)11-18(26)23-20(24)27/h11-13,16-17H,14H2,1-10H3,(H,23,26,27)/t16-,17+/m0/s1. The second-order valence-electron chi connectivity index (χ2n) is 11.4. The van der Waals surface area contributed by atoms with Crippen LogP contribution in [0.5, 0.6) is 0 Å². The maximum Gasteiger partial charge on any atom is 0.335 e. The van der Waals surface area contributed by atoms with Crippen molar-refractivity contribution in [1.29, 1.82) is 0 Å². The molecule has 0 radical (unpaired) electrons. The summed E-state index contributed by atoms with van der Waals surface area (Å²) in [6, 6.07) is 1.07. The minimum atomic E-state index is -2.18. The van der Waals surface area contributed by atoms with Gasteiger partial charge in [-0.2, -0.15) is 0 Å². The Kier molecular flexibility index (Phi) is 7.36. The molecule has 0 bridgehead atoms. The van der Waals surface area contributed by atoms with Gasteiger partial charge in [0.2, 0.25) is 5.88 Å². The molecule has 1 aromatic heterocycles. The van der Waals surface area contributed by atoms with Gasteiger partial charge in [0.15, 0.2) is 29.0 Å². The molecule has 0 aliphatic carbocycles. The first-order valence-corrected chi connectivity index (χ1v) is 16.7. The summed E-state index contributed by atoms with van der Waals surface area (Å²) in [5.41, 5.74) is -1.45. The highest BCUT2D eigenvalue weighted by molar-refractivity contribution is 6.74. The smallest absolute Gasteiger partial charge is 0.335 e. The lowest BCUT2D eigenvalue weighted by Gasteiger charge is -2.40. The monoisotopic (exact) mass is 482 g/mol. The molecule has 180 valence electrons. The fourth-order valence-electron chi connectivity index (χ4n) is 2.73. The van der Waals surface area contributed by atoms with Crippen LogP contribution in [0, 0.1) is 0 Å². The Morgan fingerprint density at radius 3 is 2.12 bits per heavy atom. The van der Waals surface area contributed by atoms with Crippen LogP contribution in [0.4, 0.5) is 0 Å². The van der Waals surface area contributed by atoms with E-state index in [1.807, 2.05) is 0 Å². The predicted octanol–water partition coefficient (Wildman–Crippen LogP) is 3.96. The van der Waals surface area contributed by atoms with Gasteiger partial charge in [-0.05, 0) is 36.3 Å². The number of nitrogens with one attached hydrogen (secondary N) is 1. The molecule has 8 nitrogen and oxygen atoms in total. The van der Waals surface area contributed by atoms with Gasteiger partial charge < -0.3 is 13.6 Å². The van der Waals surface area contributed by atoms with E-state index in [0.717, 1.165) is 10.6 Å². The van der Waals surface area contributed by atoms with E-state index in [1.54, 1.807) is 6.08 Å². The fourth-order valence-corrected chi connectivity index (χ4v) is 4.99. The lowest BCUT2D eigenvalue weighted by atomic mass is 10.2. The molecule has 0 spiro atoms. The third-order valence-electron chi connectivity index (χ3n) is 6.91. The quantitative estimate of drug-likeness (QED) is 0.466. The number of ether oxygens (including phenoxy) is 1. The van der Waals surface area contributed by atoms with Crippen LogP contribution in [0.2, 0.25) is 36.3 Å². The number of carbonyl (C=O) groups is 1. The number of carbonyl (C=O) groups excluding carboxylic acids is 1. The van der Waals surface area contributed by atoms with Crippen molar-refractivity contribution >= 4 is 28.8 Å². The van der Waals surface area contributed by atoms with Crippen LogP contribution in [0.25, 0.3) is 5.88 Å². The third-order valence-corrected chi connectivity index (χ3v) is 15.9. The van der Waals surface area contributed by atoms with Gasteiger partial charge in [-0.15, -0.1) is 0 Å². The summed E-state index contributed by atoms with van der Waals surface area (Å²) in [5, 5.41) is -0.00457. The lowest BCUT2D eigenvalue weighted by Crippen LogP contribution is -2.48. The number of nitrogens with zero attached hydrogens (tertiary/aromatic N) is 1. The van der Waals surface area contributed by atoms with Crippen molar-refractivity contribution in [2.45, 2.75) is 90.0 Å². The molecule has 0 fully saturated rings. The van der Waals surface area contributed by atoms with E-state index in [0.29, 0.717) is 12.9 Å². The van der Waals surface area contributed by atoms with Crippen LogP contribution >= 0.6 is 0 Å². The molecule has 1 aliphatic rings. The van der Waals surface area contributed by atoms with Gasteiger partial charge in [0.1, 0.15) is 6.10 Å². The van der Waals surface area contributed by atoms with Crippen molar-refractivity contribution < 1.29 is 18.4 Å². The summed E-state index contributed by atoms with van der Waals surface area (Å²) in [4.78, 5) is 37.9. The van der Waals surface area contributed by atoms with Gasteiger partial charge in [0.05, 0.1) is 12.3 Å². The molecular formula is C22H38N2O6Si2. The van der Waals surface area contributed by atoms with Gasteiger partial charge >= 0.3 is 5.69 Å². The highest BCUT2D eigenvalue weighted by Crippen LogP contribution is 2.40. The van der Waals surface area contributed by atoms with Crippen molar-refractivity contribution in [3.63, 3.8) is 0 Å². The molecule has 2 atom stereocenters. The molecule has 10 heteroatoms. The van der Waals surface area contributed by atoms with Gasteiger partial charge in [0, 0.05) is 12.1 Å². The van der Waals surface area contributed by atoms with Crippen LogP contribution in [-0.2, 0) is 13.6 Å². The largest absolute Gasteiger partial charge is 0.470 e. The van der Waals surface area contributed by atoms with E-state index >= 15 is 0 Å². The molecule has 0 aromatic carbocycles. The molecule has 1 aliphatic heterocycles. The van der Waals surface area contributed by atoms with Gasteiger partial charge in [0.25, 0.3) is 5.56 Å². The van der Waals surface area contributed by atoms with E-state index in [1.165, 1.54) is 0 Å². The predicted molar refractivity (Wildman–Crippen MR) is 131 cm³/mol. The average Bonchev–Trinajstić information content (AvgIpc) is 2.98. The summed E-state index contributed by atoms with van der Waals surface area (Å²) in [6.07, 6.45) is 1.25. The van der Waals surface area contributed by atoms with Gasteiger partial charge in [-0.25, -0.2) is 9.36 Å². The number of aromatic nitrogens is 2. The number of hydrogen-bond donors (Lipinski definition) is 1. The van der Waals surface area contributed by atoms with Gasteiger partial charge in [-0.3, -0.25) is 14.6 Å². The molecule has 2 rings (SSSR count). The van der Waals surface area contributed by atoms with Crippen molar-refractivity contribution in [1.82, 2.24) is 9.55 Å². The number of H-pyrrole nitrogens is 1. The highest BCUT2D eigenvalue weighted by atomic mass is 28.4. The lowest BCUT2D eigenvalue weighted by molar-refractivity contribution is 0.0338. The minimum absolute atomic E-state index is 0.0260. The Morgan fingerprint density at radius 2 is 1.62 bits per heavy atom. The molecule has 2 heterocycles. The third kappa shape index (κ3) is 5.59. The molecule has 1 N–H and O–H groups in total. The molecule has 1 aromatic rings. The van der Waals surface area contributed by atoms with E-state index in [-0.39, 0.29) is 21.7 Å². The molecule has 32 heavy (non-hydrogen) atoms. The molecule has 0 saturated heterocycles. The Hall–Kier alpha value is -1.76. The summed E-state index contributed by atoms with van der Waals surface area (Å²) in [5.74, 6) is 0.167. The number of rotatable bonds is 7. The molecule has 0 unspecified atom stereocenters. The topological polar surface area (TPSA) is 99.6 Å². The Morgan fingerprint density at radius 1 is 1.06 bits per heavy atom. The maximum absolute atomic E-state index is 12.5. The van der Waals surface area contributed by atoms with Gasteiger partial charge in [-0.1, -0.05) is 41.5 Å². The van der Waals surface area contributed by atoms with Crippen molar-refractivity contribution in [2.24, 2.45) is 0 Å². The first-order chi connectivity index (χ1) is 14.4. The van der Waals surface area contributed by atoms with Crippen LogP contribution in [0.15, 0.2) is 21.7 Å². The van der Waals surface area contributed by atoms with E-state index in [2.05, 4.69) is 72.7 Å². The SMILES string of the molecule is CC(C)(C)[Si](C)(C)OC[C@H]1OC(n2c(C=O)cc(=O)[nH]c2=O)=C[C@@H]1O[Si](C)(C)C(C)(C)C. The zero-order valence-electron chi connectivity index (χ0n) is 21.0. The summed E-state index contributed by atoms with van der Waals surface area (Å²) < 4.78 is 20.2. The van der Waals surface area contributed by atoms with Crippen molar-refractivity contribution in [3.05, 3.63) is 38.7 Å². The highest BCUT2D eigenvalue weighted by Gasteiger charge is 2.45. The number of aromatic amines is 1. The van der Waals surface area contributed by atoms with Crippen molar-refractivity contribution in [3.8, 4) is 0 Å². The molecular weight excluding hydrogens is 444 g/mol. The average molecular weight is 483 g/mol. The minimum Gasteiger partial charge on any atom is -0.470 e. The summed E-state index contributed by atoms with van der Waals surface area (Å²) in [6.45, 7) is 21.9. The normalized spacial score (nSPS) is 20.1. The molecule has 0 amide bonds. The second-order valence-corrected chi connectivity index (χ2v) is 21.0. The van der Waals surface area contributed by atoms with Crippen molar-refractivity contribution in [2.75, 3.05) is 6.61 Å². The van der Waals surface area contributed by atoms with E-state index < -0.39 is 40.1 Å². The Balaban J connectivity index is 2.44. The second kappa shape index (κ2) is 8.88. The van der Waals surface area contributed by atoms with E-state index in [4.69, 9.17) is 13.6 Å². The molecule has 0 saturated carbocycles. The van der Waals surface area contributed by atoms with Crippen LogP contribution in [0.3, 0.4) is 0 Å². The maximum atomic E-state index is 12.5. The Labute approximate surface area is 192 Å². The fraction of sp³-hybridized carbons (Fsp3) is 0.682. The summed E-state index contributed by atoms with van der Waals surface area (Å²) >= 11 is 0. The number of hydrogen-bond acceptors (Lipinski definition) is 6. The summed E-state index contributed by atoms with van der Waals surface area (Å²) in [7, 11) is -4.24. The zero-order chi connectivity index (χ0) is 24.7.